The number of rotatable bonds is 5. The number of ether oxygens (including phenoxy) is 1. The molecule has 0 aliphatic heterocycles. The Balaban J connectivity index is 4.48. The summed E-state index contributed by atoms with van der Waals surface area (Å²) in [6, 6.07) is 0. The van der Waals surface area contributed by atoms with Crippen LogP contribution < -0.4 is 0 Å². The fraction of sp³-hybridized carbons (Fsp3) is 0.786. The Kier molecular flexibility index (Phi) is 5.89. The molecule has 0 spiro atoms. The summed E-state index contributed by atoms with van der Waals surface area (Å²) in [7, 11) is 0. The van der Waals surface area contributed by atoms with Gasteiger partial charge in [-0.1, -0.05) is 33.3 Å². The first-order valence-corrected chi connectivity index (χ1v) is 6.09. The summed E-state index contributed by atoms with van der Waals surface area (Å²) in [6.07, 6.45) is -0.484. The summed E-state index contributed by atoms with van der Waals surface area (Å²) in [6.45, 7) is 13.5. The van der Waals surface area contributed by atoms with Crippen molar-refractivity contribution in [1.82, 2.24) is 0 Å². The molecule has 0 fully saturated rings. The number of esters is 1. The van der Waals surface area contributed by atoms with Gasteiger partial charge < -0.3 is 9.84 Å². The van der Waals surface area contributed by atoms with Gasteiger partial charge in [0, 0.05) is 11.0 Å². The summed E-state index contributed by atoms with van der Waals surface area (Å²) >= 11 is 0. The van der Waals surface area contributed by atoms with Gasteiger partial charge in [-0.2, -0.15) is 0 Å². The van der Waals surface area contributed by atoms with E-state index in [1.54, 1.807) is 6.92 Å². The normalized spacial score (nSPS) is 13.5. The van der Waals surface area contributed by atoms with Gasteiger partial charge in [0.15, 0.2) is 0 Å². The van der Waals surface area contributed by atoms with Crippen molar-refractivity contribution < 1.29 is 14.6 Å². The molecule has 0 aromatic rings. The molecule has 0 aromatic carbocycles. The van der Waals surface area contributed by atoms with E-state index in [-0.39, 0.29) is 18.5 Å². The van der Waals surface area contributed by atoms with Crippen LogP contribution in [-0.4, -0.2) is 23.8 Å². The predicted octanol–water partition coefficient (Wildman–Crippen LogP) is 2.93. The predicted molar refractivity (Wildman–Crippen MR) is 69.6 cm³/mol. The Morgan fingerprint density at radius 1 is 1.24 bits per heavy atom. The smallest absolute Gasteiger partial charge is 0.333 e. The summed E-state index contributed by atoms with van der Waals surface area (Å²) in [5.41, 5.74) is 1.17. The van der Waals surface area contributed by atoms with Gasteiger partial charge in [-0.15, -0.1) is 0 Å². The number of hydrogen-bond acceptors (Lipinski definition) is 3. The van der Waals surface area contributed by atoms with Crippen LogP contribution in [-0.2, 0) is 9.53 Å². The summed E-state index contributed by atoms with van der Waals surface area (Å²) in [5, 5.41) is 10.0. The first kappa shape index (κ1) is 16.2. The van der Waals surface area contributed by atoms with E-state index in [0.29, 0.717) is 5.57 Å². The van der Waals surface area contributed by atoms with Gasteiger partial charge in [-0.25, -0.2) is 4.79 Å². The van der Waals surface area contributed by atoms with Crippen LogP contribution in [0, 0.1) is 11.3 Å². The first-order chi connectivity index (χ1) is 7.59. The van der Waals surface area contributed by atoms with Gasteiger partial charge in [-0.05, 0) is 26.7 Å². The maximum absolute atomic E-state index is 11.7. The number of allylic oxidation sites excluding steroid dienone is 1. The molecule has 100 valence electrons. The topological polar surface area (TPSA) is 46.5 Å². The fourth-order valence-electron chi connectivity index (χ4n) is 1.55. The van der Waals surface area contributed by atoms with E-state index in [1.165, 1.54) is 0 Å². The van der Waals surface area contributed by atoms with Crippen molar-refractivity contribution in [3.8, 4) is 0 Å². The summed E-state index contributed by atoms with van der Waals surface area (Å²) < 4.78 is 5.24. The van der Waals surface area contributed by atoms with Crippen molar-refractivity contribution in [3.63, 3.8) is 0 Å². The average molecular weight is 242 g/mol. The van der Waals surface area contributed by atoms with E-state index in [9.17, 15) is 9.90 Å². The molecule has 17 heavy (non-hydrogen) atoms. The van der Waals surface area contributed by atoms with E-state index in [2.05, 4.69) is 0 Å². The molecule has 1 atom stereocenters. The Labute approximate surface area is 105 Å². The number of hydrogen-bond donors (Lipinski definition) is 1. The highest BCUT2D eigenvalue weighted by Crippen LogP contribution is 2.26. The average Bonchev–Trinajstić information content (AvgIpc) is 2.23. The van der Waals surface area contributed by atoms with Gasteiger partial charge >= 0.3 is 5.97 Å². The molecular weight excluding hydrogens is 216 g/mol. The van der Waals surface area contributed by atoms with Gasteiger partial charge in [-0.3, -0.25) is 0 Å². The lowest BCUT2D eigenvalue weighted by Gasteiger charge is -2.32. The third kappa shape index (κ3) is 4.90. The highest BCUT2D eigenvalue weighted by atomic mass is 16.5. The molecule has 0 heterocycles. The zero-order chi connectivity index (χ0) is 13.8. The Morgan fingerprint density at radius 3 is 2.06 bits per heavy atom. The maximum Gasteiger partial charge on any atom is 0.333 e. The van der Waals surface area contributed by atoms with E-state index in [1.807, 2.05) is 41.5 Å². The molecule has 0 amide bonds. The second-order valence-corrected chi connectivity index (χ2v) is 5.88. The van der Waals surface area contributed by atoms with Crippen LogP contribution in [0.2, 0.25) is 0 Å². The largest absolute Gasteiger partial charge is 0.462 e. The molecule has 0 saturated heterocycles. The third-order valence-corrected chi connectivity index (χ3v) is 3.06. The van der Waals surface area contributed by atoms with Crippen LogP contribution in [0.4, 0.5) is 0 Å². The number of carbonyl (C=O) groups is 1. The molecule has 3 heteroatoms. The molecule has 0 aromatic heterocycles. The van der Waals surface area contributed by atoms with Crippen molar-refractivity contribution in [3.05, 3.63) is 11.1 Å². The zero-order valence-corrected chi connectivity index (χ0v) is 12.1. The van der Waals surface area contributed by atoms with E-state index >= 15 is 0 Å². The molecule has 0 radical (unpaired) electrons. The molecule has 0 saturated carbocycles. The van der Waals surface area contributed by atoms with E-state index < -0.39 is 11.5 Å². The summed E-state index contributed by atoms with van der Waals surface area (Å²) in [4.78, 5) is 11.7. The lowest BCUT2D eigenvalue weighted by atomic mass is 9.81. The molecule has 0 bridgehead atoms. The minimum atomic E-state index is -0.484. The monoisotopic (exact) mass is 242 g/mol. The van der Waals surface area contributed by atoms with Crippen LogP contribution in [0.5, 0.6) is 0 Å². The maximum atomic E-state index is 11.7. The van der Waals surface area contributed by atoms with Gasteiger partial charge in [0.1, 0.15) is 0 Å². The van der Waals surface area contributed by atoms with Crippen molar-refractivity contribution in [2.24, 2.45) is 11.3 Å². The molecular formula is C14H26O3. The van der Waals surface area contributed by atoms with Crippen LogP contribution in [0.25, 0.3) is 0 Å². The molecule has 0 rings (SSSR count). The second-order valence-electron chi connectivity index (χ2n) is 5.88. The summed E-state index contributed by atoms with van der Waals surface area (Å²) in [5.74, 6) is -0.151. The minimum absolute atomic E-state index is 0.147. The van der Waals surface area contributed by atoms with Gasteiger partial charge in [0.2, 0.25) is 0 Å². The standard InChI is InChI=1S/C14H26O3/c1-9(2)11(5)13(16)17-8-14(6,7)12(15)10(3)4/h10,12,15H,8H2,1-7H3. The number of aliphatic hydroxyl groups excluding tert-OH is 1. The van der Waals surface area contributed by atoms with Crippen LogP contribution in [0.3, 0.4) is 0 Å². The van der Waals surface area contributed by atoms with Crippen molar-refractivity contribution in [1.29, 1.82) is 0 Å². The minimum Gasteiger partial charge on any atom is -0.462 e. The SMILES string of the molecule is CC(C)=C(C)C(=O)OCC(C)(C)C(O)C(C)C. The molecule has 0 aliphatic carbocycles. The quantitative estimate of drug-likeness (QED) is 0.595. The van der Waals surface area contributed by atoms with Gasteiger partial charge in [0.05, 0.1) is 12.7 Å². The van der Waals surface area contributed by atoms with Crippen LogP contribution >= 0.6 is 0 Å². The van der Waals surface area contributed by atoms with E-state index in [0.717, 1.165) is 5.57 Å². The van der Waals surface area contributed by atoms with Crippen molar-refractivity contribution >= 4 is 5.97 Å². The van der Waals surface area contributed by atoms with Crippen LogP contribution in [0.15, 0.2) is 11.1 Å². The Hall–Kier alpha value is -0.830. The lowest BCUT2D eigenvalue weighted by Crippen LogP contribution is -2.38. The van der Waals surface area contributed by atoms with E-state index in [4.69, 9.17) is 4.74 Å². The van der Waals surface area contributed by atoms with Crippen LogP contribution in [0.1, 0.15) is 48.5 Å². The molecule has 1 N–H and O–H groups in total. The highest BCUT2D eigenvalue weighted by Gasteiger charge is 2.31. The fourth-order valence-corrected chi connectivity index (χ4v) is 1.55. The van der Waals surface area contributed by atoms with Crippen molar-refractivity contribution in [2.45, 2.75) is 54.6 Å². The Morgan fingerprint density at radius 2 is 1.71 bits per heavy atom. The number of carbonyl (C=O) groups excluding carboxylic acids is 1. The molecule has 3 nitrogen and oxygen atoms in total. The Bertz CT molecular complexity index is 297. The molecule has 0 aliphatic rings. The highest BCUT2D eigenvalue weighted by molar-refractivity contribution is 5.88. The third-order valence-electron chi connectivity index (χ3n) is 3.06. The number of aliphatic hydroxyl groups is 1. The lowest BCUT2D eigenvalue weighted by molar-refractivity contribution is -0.145. The zero-order valence-electron chi connectivity index (χ0n) is 12.1. The van der Waals surface area contributed by atoms with Crippen molar-refractivity contribution in [2.75, 3.05) is 6.61 Å². The molecule has 1 unspecified atom stereocenters. The first-order valence-electron chi connectivity index (χ1n) is 6.09. The van der Waals surface area contributed by atoms with Gasteiger partial charge in [0.25, 0.3) is 0 Å². The second kappa shape index (κ2) is 6.20.